The van der Waals surface area contributed by atoms with Gasteiger partial charge in [-0.1, -0.05) is 12.8 Å². The average Bonchev–Trinajstić information content (AvgIpc) is 2.72. The third kappa shape index (κ3) is 6.39. The summed E-state index contributed by atoms with van der Waals surface area (Å²) in [5, 5.41) is 6.24. The Morgan fingerprint density at radius 3 is 1.94 bits per heavy atom. The Labute approximate surface area is 176 Å². The van der Waals surface area contributed by atoms with Gasteiger partial charge in [-0.15, -0.1) is 0 Å². The Balaban J connectivity index is 1.59. The monoisotopic (exact) mass is 446 g/mol. The first-order valence-electron chi connectivity index (χ1n) is 10.1. The van der Waals surface area contributed by atoms with E-state index in [9.17, 15) is 26.3 Å². The van der Waals surface area contributed by atoms with Gasteiger partial charge in [-0.25, -0.2) is 0 Å². The molecule has 2 aromatic rings. The van der Waals surface area contributed by atoms with Crippen LogP contribution in [0.4, 0.5) is 26.3 Å². The number of nitrogens with zero attached hydrogens (tertiary/aromatic N) is 2. The largest absolute Gasteiger partial charge is 0.418 e. The Morgan fingerprint density at radius 2 is 1.35 bits per heavy atom. The normalized spacial score (nSPS) is 20.1. The number of aromatic nitrogens is 2. The van der Waals surface area contributed by atoms with E-state index in [0.717, 1.165) is 37.8 Å². The van der Waals surface area contributed by atoms with Gasteiger partial charge >= 0.3 is 12.4 Å². The molecule has 10 heteroatoms. The maximum Gasteiger partial charge on any atom is 0.418 e. The Morgan fingerprint density at radius 1 is 0.806 bits per heavy atom. The Hall–Kier alpha value is -2.20. The molecule has 170 valence electrons. The molecule has 2 N–H and O–H groups in total. The maximum absolute atomic E-state index is 13.2. The third-order valence-corrected chi connectivity index (χ3v) is 5.53. The summed E-state index contributed by atoms with van der Waals surface area (Å²) in [4.78, 5) is 7.72. The van der Waals surface area contributed by atoms with E-state index in [-0.39, 0.29) is 36.4 Å². The predicted octanol–water partition coefficient (Wildman–Crippen LogP) is 4.95. The van der Waals surface area contributed by atoms with Crippen molar-refractivity contribution >= 4 is 0 Å². The zero-order chi connectivity index (χ0) is 22.5. The standard InChI is InChI=1S/C21H24F6N4/c22-20(23,24)15-6-3-9-29-18(15)12-28-11-14-5-1-2-8-17(14)31-13-19-16(21(25,26)27)7-4-10-30-19/h3-4,6-7,9-10,14,17,28,31H,1-2,5,8,11-13H2/t14-,17+/m1/s1. The van der Waals surface area contributed by atoms with E-state index < -0.39 is 23.5 Å². The van der Waals surface area contributed by atoms with E-state index in [2.05, 4.69) is 20.6 Å². The lowest BCUT2D eigenvalue weighted by molar-refractivity contribution is -0.139. The molecule has 0 amide bonds. The van der Waals surface area contributed by atoms with Crippen molar-refractivity contribution in [3.8, 4) is 0 Å². The molecular weight excluding hydrogens is 422 g/mol. The van der Waals surface area contributed by atoms with Gasteiger partial charge in [0.05, 0.1) is 22.5 Å². The van der Waals surface area contributed by atoms with Crippen molar-refractivity contribution in [1.29, 1.82) is 0 Å². The van der Waals surface area contributed by atoms with Gasteiger partial charge in [0.15, 0.2) is 0 Å². The summed E-state index contributed by atoms with van der Waals surface area (Å²) in [7, 11) is 0. The summed E-state index contributed by atoms with van der Waals surface area (Å²) >= 11 is 0. The first-order valence-corrected chi connectivity index (χ1v) is 10.1. The number of hydrogen-bond acceptors (Lipinski definition) is 4. The number of rotatable bonds is 7. The van der Waals surface area contributed by atoms with Crippen LogP contribution in [0.3, 0.4) is 0 Å². The molecule has 0 radical (unpaired) electrons. The van der Waals surface area contributed by atoms with Crippen molar-refractivity contribution in [3.05, 3.63) is 59.2 Å². The third-order valence-electron chi connectivity index (χ3n) is 5.53. The second kappa shape index (κ2) is 9.95. The van der Waals surface area contributed by atoms with Gasteiger partial charge in [-0.3, -0.25) is 9.97 Å². The van der Waals surface area contributed by atoms with Crippen LogP contribution < -0.4 is 10.6 Å². The van der Waals surface area contributed by atoms with Crippen molar-refractivity contribution in [1.82, 2.24) is 20.6 Å². The molecule has 0 spiro atoms. The van der Waals surface area contributed by atoms with Crippen molar-refractivity contribution in [2.24, 2.45) is 5.92 Å². The molecule has 0 unspecified atom stereocenters. The number of alkyl halides is 6. The summed E-state index contributed by atoms with van der Waals surface area (Å²) < 4.78 is 78.8. The molecule has 0 bridgehead atoms. The minimum absolute atomic E-state index is 0.0185. The van der Waals surface area contributed by atoms with Crippen molar-refractivity contribution in [3.63, 3.8) is 0 Å². The second-order valence-electron chi connectivity index (χ2n) is 7.65. The zero-order valence-corrected chi connectivity index (χ0v) is 16.7. The molecular formula is C21H24F6N4. The van der Waals surface area contributed by atoms with Crippen molar-refractivity contribution < 1.29 is 26.3 Å². The maximum atomic E-state index is 13.2. The van der Waals surface area contributed by atoms with Crippen LogP contribution in [-0.2, 0) is 25.4 Å². The average molecular weight is 446 g/mol. The molecule has 3 rings (SSSR count). The summed E-state index contributed by atoms with van der Waals surface area (Å²) in [5.41, 5.74) is -1.66. The van der Waals surface area contributed by atoms with Gasteiger partial charge in [0.1, 0.15) is 0 Å². The summed E-state index contributed by atoms with van der Waals surface area (Å²) in [6, 6.07) is 4.47. The smallest absolute Gasteiger partial charge is 0.311 e. The summed E-state index contributed by atoms with van der Waals surface area (Å²) in [5.74, 6) is 0.0878. The van der Waals surface area contributed by atoms with Crippen LogP contribution >= 0.6 is 0 Å². The molecule has 31 heavy (non-hydrogen) atoms. The fourth-order valence-corrected chi connectivity index (χ4v) is 4.00. The summed E-state index contributed by atoms with van der Waals surface area (Å²) in [6.45, 7) is 0.395. The van der Waals surface area contributed by atoms with Gasteiger partial charge < -0.3 is 10.6 Å². The SMILES string of the molecule is FC(F)(F)c1cccnc1CNC[C@H]1CCCC[C@@H]1NCc1ncccc1C(F)(F)F. The van der Waals surface area contributed by atoms with E-state index in [1.54, 1.807) is 0 Å². The fraction of sp³-hybridized carbons (Fsp3) is 0.524. The van der Waals surface area contributed by atoms with Crippen LogP contribution in [0.1, 0.15) is 48.2 Å². The quantitative estimate of drug-likeness (QED) is 0.591. The number of pyridine rings is 2. The van der Waals surface area contributed by atoms with Gasteiger partial charge in [0.2, 0.25) is 0 Å². The highest BCUT2D eigenvalue weighted by Gasteiger charge is 2.35. The molecule has 0 aliphatic heterocycles. The molecule has 4 nitrogen and oxygen atoms in total. The van der Waals surface area contributed by atoms with E-state index in [1.165, 1.54) is 24.5 Å². The van der Waals surface area contributed by atoms with Crippen LogP contribution in [0.5, 0.6) is 0 Å². The number of nitrogens with one attached hydrogen (secondary N) is 2. The molecule has 1 fully saturated rings. The Bertz CT molecular complexity index is 852. The summed E-state index contributed by atoms with van der Waals surface area (Å²) in [6.07, 6.45) is -2.75. The topological polar surface area (TPSA) is 49.8 Å². The number of halogens is 6. The minimum atomic E-state index is -4.47. The van der Waals surface area contributed by atoms with Crippen LogP contribution in [0.25, 0.3) is 0 Å². The fourth-order valence-electron chi connectivity index (χ4n) is 4.00. The second-order valence-corrected chi connectivity index (χ2v) is 7.65. The van der Waals surface area contributed by atoms with Crippen LogP contribution in [-0.4, -0.2) is 22.6 Å². The molecule has 2 atom stereocenters. The highest BCUT2D eigenvalue weighted by molar-refractivity contribution is 5.23. The highest BCUT2D eigenvalue weighted by Crippen LogP contribution is 2.32. The lowest BCUT2D eigenvalue weighted by atomic mass is 9.84. The van der Waals surface area contributed by atoms with E-state index in [0.29, 0.717) is 6.54 Å². The lowest BCUT2D eigenvalue weighted by Crippen LogP contribution is -2.43. The van der Waals surface area contributed by atoms with Crippen LogP contribution in [0, 0.1) is 5.92 Å². The first-order chi connectivity index (χ1) is 14.7. The van der Waals surface area contributed by atoms with Crippen molar-refractivity contribution in [2.45, 2.75) is 57.2 Å². The van der Waals surface area contributed by atoms with Gasteiger partial charge in [0.25, 0.3) is 0 Å². The molecule has 0 saturated heterocycles. The Kier molecular flexibility index (Phi) is 7.53. The zero-order valence-electron chi connectivity index (χ0n) is 16.7. The van der Waals surface area contributed by atoms with E-state index in [1.807, 2.05) is 0 Å². The van der Waals surface area contributed by atoms with E-state index in [4.69, 9.17) is 0 Å². The van der Waals surface area contributed by atoms with Gasteiger partial charge in [0, 0.05) is 31.5 Å². The van der Waals surface area contributed by atoms with Crippen molar-refractivity contribution in [2.75, 3.05) is 6.54 Å². The lowest BCUT2D eigenvalue weighted by Gasteiger charge is -2.33. The number of hydrogen-bond donors (Lipinski definition) is 2. The molecule has 1 saturated carbocycles. The van der Waals surface area contributed by atoms with Gasteiger partial charge in [-0.2, -0.15) is 26.3 Å². The van der Waals surface area contributed by atoms with Crippen LogP contribution in [0.2, 0.25) is 0 Å². The molecule has 1 aliphatic rings. The molecule has 0 aromatic carbocycles. The molecule has 2 aromatic heterocycles. The highest BCUT2D eigenvalue weighted by atomic mass is 19.4. The minimum Gasteiger partial charge on any atom is -0.311 e. The van der Waals surface area contributed by atoms with E-state index >= 15 is 0 Å². The van der Waals surface area contributed by atoms with Gasteiger partial charge in [-0.05, 0) is 49.6 Å². The molecule has 2 heterocycles. The molecule has 1 aliphatic carbocycles. The van der Waals surface area contributed by atoms with Crippen LogP contribution in [0.15, 0.2) is 36.7 Å². The predicted molar refractivity (Wildman–Crippen MR) is 103 cm³/mol. The first kappa shape index (κ1) is 23.5.